The smallest absolute Gasteiger partial charge is 0.333 e. The van der Waals surface area contributed by atoms with E-state index < -0.39 is 17.8 Å². The number of ether oxygens (including phenoxy) is 2. The van der Waals surface area contributed by atoms with Crippen LogP contribution in [-0.2, 0) is 19.1 Å². The van der Waals surface area contributed by atoms with Gasteiger partial charge in [-0.15, -0.1) is 0 Å². The van der Waals surface area contributed by atoms with Gasteiger partial charge in [0.05, 0.1) is 5.60 Å². The number of carbonyl (C=O) groups is 2. The quantitative estimate of drug-likeness (QED) is 0.485. The van der Waals surface area contributed by atoms with E-state index in [-0.39, 0.29) is 17.3 Å². The van der Waals surface area contributed by atoms with Crippen molar-refractivity contribution in [3.63, 3.8) is 0 Å². The van der Waals surface area contributed by atoms with Crippen molar-refractivity contribution in [2.45, 2.75) is 64.2 Å². The lowest BCUT2D eigenvalue weighted by atomic mass is 10.0. The maximum atomic E-state index is 14.0. The number of nitrogens with zero attached hydrogens (tertiary/aromatic N) is 1. The maximum absolute atomic E-state index is 14.0. The summed E-state index contributed by atoms with van der Waals surface area (Å²) in [5.74, 6) is -1.17. The topological polar surface area (TPSA) is 67.9 Å². The van der Waals surface area contributed by atoms with Crippen molar-refractivity contribution in [3.05, 3.63) is 59.4 Å². The first-order valence-electron chi connectivity index (χ1n) is 11.5. The van der Waals surface area contributed by atoms with Crippen LogP contribution in [0.5, 0.6) is 0 Å². The Hall–Kier alpha value is -2.51. The number of amides is 1. The van der Waals surface area contributed by atoms with Gasteiger partial charge < -0.3 is 14.8 Å². The maximum Gasteiger partial charge on any atom is 0.333 e. The first-order chi connectivity index (χ1) is 15.7. The van der Waals surface area contributed by atoms with Crippen LogP contribution in [0.2, 0.25) is 0 Å². The number of likely N-dealkylation sites (tertiary alicyclic amines) is 1. The van der Waals surface area contributed by atoms with Crippen LogP contribution in [0, 0.1) is 5.82 Å². The summed E-state index contributed by atoms with van der Waals surface area (Å²) < 4.78 is 24.5. The van der Waals surface area contributed by atoms with Gasteiger partial charge in [-0.1, -0.05) is 36.4 Å². The summed E-state index contributed by atoms with van der Waals surface area (Å²) in [6, 6.07) is 4.77. The molecule has 6 nitrogen and oxygen atoms in total. The second-order valence-electron chi connectivity index (χ2n) is 9.23. The highest BCUT2D eigenvalue weighted by atomic mass is 19.1. The summed E-state index contributed by atoms with van der Waals surface area (Å²) in [5.41, 5.74) is 1.49. The van der Waals surface area contributed by atoms with Gasteiger partial charge in [0, 0.05) is 32.3 Å². The minimum absolute atomic E-state index is 0.0417. The number of esters is 1. The Labute approximate surface area is 196 Å². The molecule has 0 spiro atoms. The van der Waals surface area contributed by atoms with Gasteiger partial charge >= 0.3 is 5.97 Å². The molecule has 1 N–H and O–H groups in total. The molecule has 33 heavy (non-hydrogen) atoms. The second kappa shape index (κ2) is 13.3. The molecule has 1 atom stereocenters. The van der Waals surface area contributed by atoms with Crippen molar-refractivity contribution < 1.29 is 23.5 Å². The lowest BCUT2D eigenvalue weighted by Crippen LogP contribution is -2.40. The van der Waals surface area contributed by atoms with Crippen LogP contribution in [0.4, 0.5) is 4.39 Å². The Bertz CT molecular complexity index is 824. The van der Waals surface area contributed by atoms with Crippen LogP contribution in [-0.4, -0.2) is 55.7 Å². The van der Waals surface area contributed by atoms with E-state index in [0.29, 0.717) is 6.41 Å². The molecule has 0 bridgehead atoms. The van der Waals surface area contributed by atoms with Gasteiger partial charge in [0.25, 0.3) is 0 Å². The molecular weight excluding hydrogens is 423 g/mol. The average molecular weight is 461 g/mol. The highest BCUT2D eigenvalue weighted by Gasteiger charge is 2.29. The summed E-state index contributed by atoms with van der Waals surface area (Å²) in [5, 5.41) is 2.37. The highest BCUT2D eigenvalue weighted by molar-refractivity contribution is 5.80. The molecule has 1 aliphatic heterocycles. The monoisotopic (exact) mass is 460 g/mol. The number of hydrogen-bond donors (Lipinski definition) is 1. The van der Waals surface area contributed by atoms with Crippen LogP contribution in [0.3, 0.4) is 0 Å². The van der Waals surface area contributed by atoms with E-state index in [1.807, 2.05) is 20.8 Å². The third-order valence-corrected chi connectivity index (χ3v) is 5.59. The van der Waals surface area contributed by atoms with Gasteiger partial charge in [-0.25, -0.2) is 9.18 Å². The molecule has 0 saturated carbocycles. The van der Waals surface area contributed by atoms with Crippen molar-refractivity contribution >= 4 is 12.4 Å². The predicted molar refractivity (Wildman–Crippen MR) is 127 cm³/mol. The molecule has 3 rings (SSSR count). The molecule has 1 saturated heterocycles. The van der Waals surface area contributed by atoms with Crippen molar-refractivity contribution in [2.24, 2.45) is 0 Å². The number of hydrogen-bond acceptors (Lipinski definition) is 5. The fourth-order valence-electron chi connectivity index (χ4n) is 3.52. The lowest BCUT2D eigenvalue weighted by molar-refractivity contribution is -0.154. The Morgan fingerprint density at radius 1 is 1.24 bits per heavy atom. The van der Waals surface area contributed by atoms with Gasteiger partial charge in [-0.3, -0.25) is 9.69 Å². The second-order valence-corrected chi connectivity index (χ2v) is 9.23. The molecule has 1 fully saturated rings. The largest absolute Gasteiger partial charge is 0.460 e. The van der Waals surface area contributed by atoms with Crippen LogP contribution in [0.15, 0.2) is 48.1 Å². The lowest BCUT2D eigenvalue weighted by Gasteiger charge is -2.32. The van der Waals surface area contributed by atoms with Gasteiger partial charge in [-0.05, 0) is 58.1 Å². The summed E-state index contributed by atoms with van der Waals surface area (Å²) in [6.45, 7) is 8.66. The zero-order valence-electron chi connectivity index (χ0n) is 20.2. The fourth-order valence-corrected chi connectivity index (χ4v) is 3.52. The van der Waals surface area contributed by atoms with E-state index >= 15 is 0 Å². The molecule has 2 aliphatic rings. The van der Waals surface area contributed by atoms with Crippen LogP contribution in [0.1, 0.15) is 58.1 Å². The highest BCUT2D eigenvalue weighted by Crippen LogP contribution is 2.22. The first-order valence-corrected chi connectivity index (χ1v) is 11.5. The van der Waals surface area contributed by atoms with E-state index in [4.69, 9.17) is 9.47 Å². The van der Waals surface area contributed by atoms with Gasteiger partial charge in [0.15, 0.2) is 6.04 Å². The Morgan fingerprint density at radius 2 is 1.91 bits per heavy atom. The Morgan fingerprint density at radius 3 is 2.45 bits per heavy atom. The van der Waals surface area contributed by atoms with Crippen LogP contribution in [0.25, 0.3) is 0 Å². The van der Waals surface area contributed by atoms with Gasteiger partial charge in [-0.2, -0.15) is 0 Å². The van der Waals surface area contributed by atoms with Crippen molar-refractivity contribution in [2.75, 3.05) is 26.7 Å². The molecule has 0 aromatic heterocycles. The molecule has 182 valence electrons. The van der Waals surface area contributed by atoms with E-state index in [1.165, 1.54) is 23.8 Å². The number of allylic oxidation sites excluding steroid dienone is 2. The normalized spacial score (nSPS) is 17.9. The summed E-state index contributed by atoms with van der Waals surface area (Å²) in [7, 11) is 1.71. The number of piperidine rings is 1. The number of rotatable bonds is 7. The van der Waals surface area contributed by atoms with Crippen LogP contribution >= 0.6 is 0 Å². The fraction of sp³-hybridized carbons (Fsp3) is 0.538. The molecule has 1 aliphatic carbocycles. The number of methoxy groups -OCH3 is 1. The summed E-state index contributed by atoms with van der Waals surface area (Å²) in [4.78, 5) is 25.7. The standard InChI is InChI=1S/C21H25FN2O3.C5H12O/c22-19-9-5-4-8-18(19)20(23-15-25)21(26)27-17-10-12-24(13-11-17)14-16-6-2-1-3-7-16;1-5(2,3)6-4/h2,4-9,15,17,20H,1,3,10-14H2,(H,23,25);1-4H3. The van der Waals surface area contributed by atoms with Gasteiger partial charge in [0.2, 0.25) is 6.41 Å². The molecule has 1 amide bonds. The van der Waals surface area contributed by atoms with Crippen LogP contribution < -0.4 is 5.32 Å². The van der Waals surface area contributed by atoms with Crippen molar-refractivity contribution in [1.29, 1.82) is 0 Å². The van der Waals surface area contributed by atoms with E-state index in [0.717, 1.165) is 45.3 Å². The number of nitrogens with one attached hydrogen (secondary N) is 1. The zero-order chi connectivity index (χ0) is 24.3. The molecule has 7 heteroatoms. The molecule has 1 unspecified atom stereocenters. The van der Waals surface area contributed by atoms with E-state index in [2.05, 4.69) is 28.4 Å². The molecule has 1 aromatic rings. The third kappa shape index (κ3) is 9.48. The zero-order valence-corrected chi connectivity index (χ0v) is 20.2. The molecular formula is C26H37FN2O4. The summed E-state index contributed by atoms with van der Waals surface area (Å²) >= 11 is 0. The number of halogens is 1. The van der Waals surface area contributed by atoms with E-state index in [1.54, 1.807) is 13.2 Å². The van der Waals surface area contributed by atoms with Crippen molar-refractivity contribution in [3.8, 4) is 0 Å². The number of carbonyl (C=O) groups excluding carboxylic acids is 2. The Balaban J connectivity index is 0.000000569. The van der Waals surface area contributed by atoms with E-state index in [9.17, 15) is 14.0 Å². The minimum Gasteiger partial charge on any atom is -0.460 e. The van der Waals surface area contributed by atoms with Gasteiger partial charge in [0.1, 0.15) is 11.9 Å². The first kappa shape index (κ1) is 26.7. The predicted octanol–water partition coefficient (Wildman–Crippen LogP) is 4.33. The SMILES string of the molecule is COC(C)(C)C.O=CNC(C(=O)OC1CCN(CC2=CCCC=C2)CC1)c1ccccc1F. The minimum atomic E-state index is -1.13. The molecule has 1 heterocycles. The Kier molecular flexibility index (Phi) is 10.7. The van der Waals surface area contributed by atoms with Crippen molar-refractivity contribution in [1.82, 2.24) is 10.2 Å². The molecule has 0 radical (unpaired) electrons. The molecule has 1 aromatic carbocycles. The average Bonchev–Trinajstić information content (AvgIpc) is 2.80. The number of benzene rings is 1. The summed E-state index contributed by atoms with van der Waals surface area (Å²) in [6.07, 6.45) is 10.5. The third-order valence-electron chi connectivity index (χ3n) is 5.59.